The van der Waals surface area contributed by atoms with Crippen molar-refractivity contribution in [3.05, 3.63) is 66.2 Å². The standard InChI is InChI=1S/C21H22N2O4/c1-26-19-12-6-11-17(20(19)27-2)23-21(25)22-13-18(24)16-10-5-8-14-7-3-4-9-15(14)16/h3-12,18,24H,13H2,1-2H3,(H2,22,23,25). The number of amides is 2. The summed E-state index contributed by atoms with van der Waals surface area (Å²) in [6.45, 7) is 0.0755. The number of hydrogen-bond donors (Lipinski definition) is 3. The molecule has 140 valence electrons. The number of carbonyl (C=O) groups is 1. The number of urea groups is 1. The Hall–Kier alpha value is -3.25. The van der Waals surface area contributed by atoms with E-state index in [1.54, 1.807) is 18.2 Å². The van der Waals surface area contributed by atoms with Crippen LogP contribution in [0.4, 0.5) is 10.5 Å². The van der Waals surface area contributed by atoms with E-state index in [0.29, 0.717) is 17.2 Å². The number of ether oxygens (including phenoxy) is 2. The van der Waals surface area contributed by atoms with Gasteiger partial charge in [-0.3, -0.25) is 0 Å². The van der Waals surface area contributed by atoms with Gasteiger partial charge in [0, 0.05) is 6.54 Å². The molecule has 0 fully saturated rings. The van der Waals surface area contributed by atoms with Crippen molar-refractivity contribution in [2.75, 3.05) is 26.1 Å². The third-order valence-corrected chi connectivity index (χ3v) is 4.29. The van der Waals surface area contributed by atoms with Crippen LogP contribution in [0.2, 0.25) is 0 Å². The van der Waals surface area contributed by atoms with Gasteiger partial charge in [0.1, 0.15) is 0 Å². The van der Waals surface area contributed by atoms with Gasteiger partial charge in [0.05, 0.1) is 26.0 Å². The van der Waals surface area contributed by atoms with Crippen molar-refractivity contribution < 1.29 is 19.4 Å². The predicted molar refractivity (Wildman–Crippen MR) is 105 cm³/mol. The first-order valence-electron chi connectivity index (χ1n) is 8.55. The number of para-hydroxylation sites is 1. The van der Waals surface area contributed by atoms with Crippen molar-refractivity contribution >= 4 is 22.5 Å². The van der Waals surface area contributed by atoms with Crippen LogP contribution in [0.5, 0.6) is 11.5 Å². The highest BCUT2D eigenvalue weighted by molar-refractivity contribution is 5.91. The van der Waals surface area contributed by atoms with Crippen LogP contribution in [0.25, 0.3) is 10.8 Å². The van der Waals surface area contributed by atoms with Crippen molar-refractivity contribution in [1.29, 1.82) is 0 Å². The predicted octanol–water partition coefficient (Wildman–Crippen LogP) is 3.71. The molecule has 0 aromatic heterocycles. The number of fused-ring (bicyclic) bond motifs is 1. The van der Waals surface area contributed by atoms with Gasteiger partial charge in [-0.25, -0.2) is 4.79 Å². The Balaban J connectivity index is 1.67. The van der Waals surface area contributed by atoms with E-state index in [0.717, 1.165) is 16.3 Å². The monoisotopic (exact) mass is 366 g/mol. The zero-order valence-electron chi connectivity index (χ0n) is 15.2. The highest BCUT2D eigenvalue weighted by Gasteiger charge is 2.15. The second kappa shape index (κ2) is 8.42. The molecule has 6 heteroatoms. The Labute approximate surface area is 157 Å². The number of hydrogen-bond acceptors (Lipinski definition) is 4. The summed E-state index contributed by atoms with van der Waals surface area (Å²) in [5, 5.41) is 17.9. The number of benzene rings is 3. The first-order chi connectivity index (χ1) is 13.1. The second-order valence-corrected chi connectivity index (χ2v) is 5.96. The van der Waals surface area contributed by atoms with Crippen LogP contribution in [-0.4, -0.2) is 31.9 Å². The van der Waals surface area contributed by atoms with Gasteiger partial charge >= 0.3 is 6.03 Å². The summed E-state index contributed by atoms with van der Waals surface area (Å²) in [4.78, 5) is 12.2. The molecule has 6 nitrogen and oxygen atoms in total. The van der Waals surface area contributed by atoms with Crippen LogP contribution in [0, 0.1) is 0 Å². The Bertz CT molecular complexity index is 937. The van der Waals surface area contributed by atoms with Crippen molar-refractivity contribution in [2.45, 2.75) is 6.10 Å². The van der Waals surface area contributed by atoms with Crippen molar-refractivity contribution in [3.8, 4) is 11.5 Å². The normalized spacial score (nSPS) is 11.7. The quantitative estimate of drug-likeness (QED) is 0.621. The fraction of sp³-hybridized carbons (Fsp3) is 0.190. The van der Waals surface area contributed by atoms with Gasteiger partial charge in [-0.1, -0.05) is 48.5 Å². The lowest BCUT2D eigenvalue weighted by atomic mass is 10.0. The molecule has 0 heterocycles. The van der Waals surface area contributed by atoms with Gasteiger partial charge in [-0.15, -0.1) is 0 Å². The summed E-state index contributed by atoms with van der Waals surface area (Å²) >= 11 is 0. The first-order valence-corrected chi connectivity index (χ1v) is 8.55. The summed E-state index contributed by atoms with van der Waals surface area (Å²) in [6.07, 6.45) is -0.825. The van der Waals surface area contributed by atoms with Crippen LogP contribution in [0.1, 0.15) is 11.7 Å². The number of rotatable bonds is 6. The maximum absolute atomic E-state index is 12.2. The Morgan fingerprint density at radius 3 is 2.52 bits per heavy atom. The van der Waals surface area contributed by atoms with E-state index in [2.05, 4.69) is 10.6 Å². The topological polar surface area (TPSA) is 79.8 Å². The van der Waals surface area contributed by atoms with E-state index in [4.69, 9.17) is 9.47 Å². The minimum absolute atomic E-state index is 0.0755. The number of anilines is 1. The molecule has 0 aliphatic carbocycles. The third kappa shape index (κ3) is 4.12. The zero-order valence-corrected chi connectivity index (χ0v) is 15.2. The van der Waals surface area contributed by atoms with E-state index in [9.17, 15) is 9.90 Å². The molecule has 1 atom stereocenters. The molecule has 0 radical (unpaired) electrons. The fourth-order valence-electron chi connectivity index (χ4n) is 2.99. The average Bonchev–Trinajstić information content (AvgIpc) is 2.71. The molecule has 2 amide bonds. The van der Waals surface area contributed by atoms with Crippen LogP contribution in [-0.2, 0) is 0 Å². The van der Waals surface area contributed by atoms with Crippen molar-refractivity contribution in [1.82, 2.24) is 5.32 Å². The number of nitrogens with one attached hydrogen (secondary N) is 2. The van der Waals surface area contributed by atoms with Gasteiger partial charge in [0.2, 0.25) is 0 Å². The molecule has 0 aliphatic heterocycles. The second-order valence-electron chi connectivity index (χ2n) is 5.96. The molecule has 3 aromatic rings. The van der Waals surface area contributed by atoms with Crippen LogP contribution in [0.15, 0.2) is 60.7 Å². The molecule has 0 bridgehead atoms. The Morgan fingerprint density at radius 1 is 1.00 bits per heavy atom. The molecular weight excluding hydrogens is 344 g/mol. The number of methoxy groups -OCH3 is 2. The van der Waals surface area contributed by atoms with E-state index in [1.165, 1.54) is 14.2 Å². The van der Waals surface area contributed by atoms with Gasteiger partial charge in [0.25, 0.3) is 0 Å². The minimum atomic E-state index is -0.825. The summed E-state index contributed by atoms with van der Waals surface area (Å²) in [5.74, 6) is 0.954. The summed E-state index contributed by atoms with van der Waals surface area (Å²) in [6, 6.07) is 18.3. The Kier molecular flexibility index (Phi) is 5.78. The molecule has 0 aliphatic rings. The van der Waals surface area contributed by atoms with Gasteiger partial charge in [-0.05, 0) is 28.5 Å². The summed E-state index contributed by atoms with van der Waals surface area (Å²) in [7, 11) is 3.04. The lowest BCUT2D eigenvalue weighted by molar-refractivity contribution is 0.176. The Morgan fingerprint density at radius 2 is 1.74 bits per heavy atom. The van der Waals surface area contributed by atoms with Gasteiger partial charge in [-0.2, -0.15) is 0 Å². The average molecular weight is 366 g/mol. The number of aliphatic hydroxyl groups is 1. The molecule has 3 aromatic carbocycles. The molecule has 0 saturated carbocycles. The SMILES string of the molecule is COc1cccc(NC(=O)NCC(O)c2cccc3ccccc23)c1OC. The van der Waals surface area contributed by atoms with E-state index in [-0.39, 0.29) is 6.54 Å². The largest absolute Gasteiger partial charge is 0.493 e. The van der Waals surface area contributed by atoms with E-state index < -0.39 is 12.1 Å². The number of aliphatic hydroxyl groups excluding tert-OH is 1. The van der Waals surface area contributed by atoms with Crippen LogP contribution >= 0.6 is 0 Å². The molecule has 1 unspecified atom stereocenters. The summed E-state index contributed by atoms with van der Waals surface area (Å²) < 4.78 is 10.5. The fourth-order valence-corrected chi connectivity index (χ4v) is 2.99. The molecule has 3 N–H and O–H groups in total. The highest BCUT2D eigenvalue weighted by Crippen LogP contribution is 2.34. The van der Waals surface area contributed by atoms with E-state index >= 15 is 0 Å². The highest BCUT2D eigenvalue weighted by atomic mass is 16.5. The van der Waals surface area contributed by atoms with Crippen molar-refractivity contribution in [3.63, 3.8) is 0 Å². The van der Waals surface area contributed by atoms with E-state index in [1.807, 2.05) is 42.5 Å². The first kappa shape index (κ1) is 18.5. The lowest BCUT2D eigenvalue weighted by Gasteiger charge is -2.16. The van der Waals surface area contributed by atoms with Crippen molar-refractivity contribution in [2.24, 2.45) is 0 Å². The zero-order chi connectivity index (χ0) is 19.2. The maximum Gasteiger partial charge on any atom is 0.319 e. The van der Waals surface area contributed by atoms with Gasteiger partial charge < -0.3 is 25.2 Å². The molecule has 0 saturated heterocycles. The van der Waals surface area contributed by atoms with Crippen LogP contribution < -0.4 is 20.1 Å². The third-order valence-electron chi connectivity index (χ3n) is 4.29. The smallest absolute Gasteiger partial charge is 0.319 e. The molecule has 27 heavy (non-hydrogen) atoms. The maximum atomic E-state index is 12.2. The molecule has 0 spiro atoms. The van der Waals surface area contributed by atoms with Gasteiger partial charge in [0.15, 0.2) is 11.5 Å². The summed E-state index contributed by atoms with van der Waals surface area (Å²) in [5.41, 5.74) is 1.25. The molecular formula is C21H22N2O4. The minimum Gasteiger partial charge on any atom is -0.493 e. The number of carbonyl (C=O) groups excluding carboxylic acids is 1. The molecule has 3 rings (SSSR count). The lowest BCUT2D eigenvalue weighted by Crippen LogP contribution is -2.32. The van der Waals surface area contributed by atoms with Crippen LogP contribution in [0.3, 0.4) is 0 Å².